The first-order valence-corrected chi connectivity index (χ1v) is 11.3. The van der Waals surface area contributed by atoms with Gasteiger partial charge in [-0.05, 0) is 37.1 Å². The SMILES string of the molecule is CC(=O)N(CCc1ncc(C(F)(F)F)cc1Cl)C1CCN(C(=O)c2cc(Cl)cc(Cl)c2)CC1. The van der Waals surface area contributed by atoms with Crippen LogP contribution in [0, 0.1) is 0 Å². The molecule has 0 unspecified atom stereocenters. The number of halogens is 6. The number of alkyl halides is 3. The molecular weight excluding hydrogens is 502 g/mol. The minimum Gasteiger partial charge on any atom is -0.339 e. The lowest BCUT2D eigenvalue weighted by Gasteiger charge is -2.38. The van der Waals surface area contributed by atoms with Crippen LogP contribution in [0.15, 0.2) is 30.5 Å². The second-order valence-electron chi connectivity index (χ2n) is 7.79. The van der Waals surface area contributed by atoms with Crippen molar-refractivity contribution in [3.63, 3.8) is 0 Å². The number of carbonyl (C=O) groups excluding carboxylic acids is 2. The van der Waals surface area contributed by atoms with Gasteiger partial charge < -0.3 is 9.80 Å². The van der Waals surface area contributed by atoms with Gasteiger partial charge in [0, 0.05) is 60.8 Å². The Labute approximate surface area is 204 Å². The van der Waals surface area contributed by atoms with Crippen molar-refractivity contribution < 1.29 is 22.8 Å². The van der Waals surface area contributed by atoms with E-state index in [2.05, 4.69) is 4.98 Å². The Balaban J connectivity index is 1.61. The molecule has 0 N–H and O–H groups in total. The van der Waals surface area contributed by atoms with Crippen LogP contribution in [0.2, 0.25) is 15.1 Å². The third-order valence-corrected chi connectivity index (χ3v) is 6.30. The molecule has 5 nitrogen and oxygen atoms in total. The third kappa shape index (κ3) is 6.52. The largest absolute Gasteiger partial charge is 0.417 e. The van der Waals surface area contributed by atoms with Crippen molar-refractivity contribution in [3.8, 4) is 0 Å². The number of hydrogen-bond acceptors (Lipinski definition) is 3. The molecule has 0 saturated carbocycles. The van der Waals surface area contributed by atoms with E-state index in [0.29, 0.717) is 47.2 Å². The molecule has 0 radical (unpaired) electrons. The number of aromatic nitrogens is 1. The van der Waals surface area contributed by atoms with Crippen molar-refractivity contribution in [2.75, 3.05) is 19.6 Å². The summed E-state index contributed by atoms with van der Waals surface area (Å²) in [6.07, 6.45) is -2.44. The highest BCUT2D eigenvalue weighted by molar-refractivity contribution is 6.35. The first kappa shape index (κ1) is 25.6. The zero-order chi connectivity index (χ0) is 24.3. The highest BCUT2D eigenvalue weighted by Gasteiger charge is 2.32. The van der Waals surface area contributed by atoms with Crippen LogP contribution >= 0.6 is 34.8 Å². The van der Waals surface area contributed by atoms with E-state index in [1.165, 1.54) is 6.92 Å². The van der Waals surface area contributed by atoms with Crippen LogP contribution in [0.5, 0.6) is 0 Å². The Morgan fingerprint density at radius 2 is 1.70 bits per heavy atom. The quantitative estimate of drug-likeness (QED) is 0.502. The van der Waals surface area contributed by atoms with E-state index < -0.39 is 11.7 Å². The molecule has 0 aliphatic carbocycles. The molecule has 11 heteroatoms. The van der Waals surface area contributed by atoms with Gasteiger partial charge in [0.05, 0.1) is 16.3 Å². The predicted molar refractivity (Wildman–Crippen MR) is 121 cm³/mol. The van der Waals surface area contributed by atoms with E-state index in [1.807, 2.05) is 0 Å². The van der Waals surface area contributed by atoms with Gasteiger partial charge in [-0.3, -0.25) is 14.6 Å². The monoisotopic (exact) mass is 521 g/mol. The van der Waals surface area contributed by atoms with Crippen LogP contribution in [-0.2, 0) is 17.4 Å². The van der Waals surface area contributed by atoms with E-state index in [4.69, 9.17) is 34.8 Å². The molecular formula is C22H21Cl3F3N3O2. The summed E-state index contributed by atoms with van der Waals surface area (Å²) >= 11 is 18.0. The van der Waals surface area contributed by atoms with Crippen LogP contribution in [0.3, 0.4) is 0 Å². The molecule has 0 atom stereocenters. The topological polar surface area (TPSA) is 53.5 Å². The van der Waals surface area contributed by atoms with Gasteiger partial charge >= 0.3 is 6.18 Å². The Morgan fingerprint density at radius 1 is 1.09 bits per heavy atom. The van der Waals surface area contributed by atoms with E-state index in [-0.39, 0.29) is 35.8 Å². The fourth-order valence-corrected chi connectivity index (χ4v) is 4.66. The highest BCUT2D eigenvalue weighted by atomic mass is 35.5. The fourth-order valence-electron chi connectivity index (χ4n) is 3.87. The minimum atomic E-state index is -4.53. The summed E-state index contributed by atoms with van der Waals surface area (Å²) in [6, 6.07) is 5.40. The molecule has 2 amide bonds. The zero-order valence-corrected chi connectivity index (χ0v) is 19.9. The van der Waals surface area contributed by atoms with Crippen molar-refractivity contribution in [2.24, 2.45) is 0 Å². The molecule has 0 spiro atoms. The van der Waals surface area contributed by atoms with Gasteiger partial charge in [0.1, 0.15) is 0 Å². The molecule has 1 fully saturated rings. The average Bonchev–Trinajstić information content (AvgIpc) is 2.73. The van der Waals surface area contributed by atoms with Crippen LogP contribution < -0.4 is 0 Å². The number of hydrogen-bond donors (Lipinski definition) is 0. The molecule has 2 heterocycles. The molecule has 3 rings (SSSR count). The van der Waals surface area contributed by atoms with Gasteiger partial charge in [0.25, 0.3) is 5.91 Å². The smallest absolute Gasteiger partial charge is 0.339 e. The van der Waals surface area contributed by atoms with Crippen LogP contribution in [0.1, 0.15) is 41.4 Å². The Kier molecular flexibility index (Phi) is 8.13. The van der Waals surface area contributed by atoms with Gasteiger partial charge in [-0.2, -0.15) is 13.2 Å². The Bertz CT molecular complexity index is 1020. The van der Waals surface area contributed by atoms with E-state index >= 15 is 0 Å². The molecule has 1 saturated heterocycles. The van der Waals surface area contributed by atoms with E-state index in [1.54, 1.807) is 28.0 Å². The standard InChI is InChI=1S/C22H21Cl3F3N3O2/c1-13(32)31(7-4-20-19(25)10-15(12-29-20)22(26,27)28)18-2-5-30(6-3-18)21(33)14-8-16(23)11-17(24)9-14/h8-12,18H,2-7H2,1H3. The molecule has 1 aliphatic heterocycles. The maximum atomic E-state index is 12.8. The molecule has 1 aliphatic rings. The van der Waals surface area contributed by atoms with Gasteiger partial charge in [0.2, 0.25) is 5.91 Å². The van der Waals surface area contributed by atoms with Gasteiger partial charge in [-0.25, -0.2) is 0 Å². The van der Waals surface area contributed by atoms with Crippen molar-refractivity contribution in [2.45, 2.75) is 38.4 Å². The maximum absolute atomic E-state index is 12.8. The number of benzene rings is 1. The minimum absolute atomic E-state index is 0.0890. The van der Waals surface area contributed by atoms with Crippen molar-refractivity contribution >= 4 is 46.6 Å². The lowest BCUT2D eigenvalue weighted by Crippen LogP contribution is -2.48. The second kappa shape index (κ2) is 10.5. The van der Waals surface area contributed by atoms with Crippen molar-refractivity contribution in [3.05, 3.63) is 62.4 Å². The zero-order valence-electron chi connectivity index (χ0n) is 17.6. The van der Waals surface area contributed by atoms with Crippen LogP contribution in [0.4, 0.5) is 13.2 Å². The number of rotatable bonds is 5. The molecule has 33 heavy (non-hydrogen) atoms. The normalized spacial score (nSPS) is 14.9. The number of nitrogens with zero attached hydrogens (tertiary/aromatic N) is 3. The van der Waals surface area contributed by atoms with Crippen LogP contribution in [0.25, 0.3) is 0 Å². The molecule has 1 aromatic carbocycles. The predicted octanol–water partition coefficient (Wildman–Crippen LogP) is 5.76. The van der Waals surface area contributed by atoms with Crippen LogP contribution in [-0.4, -0.2) is 52.3 Å². The number of carbonyl (C=O) groups is 2. The first-order valence-electron chi connectivity index (χ1n) is 10.2. The lowest BCUT2D eigenvalue weighted by molar-refractivity contribution is -0.137. The summed E-state index contributed by atoms with van der Waals surface area (Å²) in [4.78, 5) is 32.2. The molecule has 178 valence electrons. The second-order valence-corrected chi connectivity index (χ2v) is 9.07. The molecule has 0 bridgehead atoms. The molecule has 1 aromatic heterocycles. The summed E-state index contributed by atoms with van der Waals surface area (Å²) in [5, 5.41) is 0.659. The summed E-state index contributed by atoms with van der Waals surface area (Å²) in [7, 11) is 0. The summed E-state index contributed by atoms with van der Waals surface area (Å²) in [5.41, 5.74) is -0.225. The number of amides is 2. The number of likely N-dealkylation sites (tertiary alicyclic amines) is 1. The summed E-state index contributed by atoms with van der Waals surface area (Å²) in [5.74, 6) is -0.350. The van der Waals surface area contributed by atoms with Crippen molar-refractivity contribution in [1.29, 1.82) is 0 Å². The van der Waals surface area contributed by atoms with Crippen molar-refractivity contribution in [1.82, 2.24) is 14.8 Å². The third-order valence-electron chi connectivity index (χ3n) is 5.54. The number of piperidine rings is 1. The summed E-state index contributed by atoms with van der Waals surface area (Å²) in [6.45, 7) is 2.58. The van der Waals surface area contributed by atoms with E-state index in [0.717, 1.165) is 12.3 Å². The number of pyridine rings is 1. The Hall–Kier alpha value is -2.03. The van der Waals surface area contributed by atoms with Gasteiger partial charge in [-0.15, -0.1) is 0 Å². The van der Waals surface area contributed by atoms with Gasteiger partial charge in [0.15, 0.2) is 0 Å². The maximum Gasteiger partial charge on any atom is 0.417 e. The highest BCUT2D eigenvalue weighted by Crippen LogP contribution is 2.31. The lowest BCUT2D eigenvalue weighted by atomic mass is 10.0. The fraction of sp³-hybridized carbons (Fsp3) is 0.409. The Morgan fingerprint density at radius 3 is 2.21 bits per heavy atom. The average molecular weight is 523 g/mol. The van der Waals surface area contributed by atoms with E-state index in [9.17, 15) is 22.8 Å². The van der Waals surface area contributed by atoms with Gasteiger partial charge in [-0.1, -0.05) is 34.8 Å². The summed E-state index contributed by atoms with van der Waals surface area (Å²) < 4.78 is 38.4. The molecule has 2 aromatic rings. The first-order chi connectivity index (χ1) is 15.5.